The number of nitrogens with zero attached hydrogens (tertiary/aromatic N) is 2. The van der Waals surface area contributed by atoms with E-state index in [1.807, 2.05) is 11.3 Å². The summed E-state index contributed by atoms with van der Waals surface area (Å²) in [6, 6.07) is 4.30. The highest BCUT2D eigenvalue weighted by molar-refractivity contribution is 7.09. The van der Waals surface area contributed by atoms with Crippen molar-refractivity contribution in [3.05, 3.63) is 22.4 Å². The average molecular weight is 337 g/mol. The van der Waals surface area contributed by atoms with Gasteiger partial charge in [-0.05, 0) is 69.6 Å². The molecule has 0 aromatic carbocycles. The summed E-state index contributed by atoms with van der Waals surface area (Å²) in [6.07, 6.45) is 4.93. The third-order valence-corrected chi connectivity index (χ3v) is 5.30. The first-order valence-electron chi connectivity index (χ1n) is 9.05. The van der Waals surface area contributed by atoms with E-state index < -0.39 is 0 Å². The highest BCUT2D eigenvalue weighted by Gasteiger charge is 2.14. The van der Waals surface area contributed by atoms with Crippen LogP contribution in [0.15, 0.2) is 22.5 Å². The van der Waals surface area contributed by atoms with Gasteiger partial charge in [0.25, 0.3) is 0 Å². The van der Waals surface area contributed by atoms with Crippen LogP contribution in [-0.2, 0) is 6.42 Å². The van der Waals surface area contributed by atoms with E-state index in [-0.39, 0.29) is 0 Å². The summed E-state index contributed by atoms with van der Waals surface area (Å²) in [4.78, 5) is 8.72. The van der Waals surface area contributed by atoms with Crippen molar-refractivity contribution in [2.75, 3.05) is 39.3 Å². The summed E-state index contributed by atoms with van der Waals surface area (Å²) < 4.78 is 0. The molecule has 0 bridgehead atoms. The molecule has 0 spiro atoms. The molecule has 0 atom stereocenters. The Bertz CT molecular complexity index is 436. The molecule has 2 heterocycles. The zero-order chi connectivity index (χ0) is 16.3. The Hall–Kier alpha value is -1.07. The molecule has 1 aliphatic heterocycles. The average Bonchev–Trinajstić information content (AvgIpc) is 3.06. The van der Waals surface area contributed by atoms with Gasteiger partial charge in [0.15, 0.2) is 5.96 Å². The predicted octanol–water partition coefficient (Wildman–Crippen LogP) is 2.97. The topological polar surface area (TPSA) is 39.7 Å². The van der Waals surface area contributed by atoms with Crippen LogP contribution < -0.4 is 10.6 Å². The maximum Gasteiger partial charge on any atom is 0.191 e. The van der Waals surface area contributed by atoms with Crippen molar-refractivity contribution in [1.29, 1.82) is 0 Å². The third kappa shape index (κ3) is 7.36. The minimum Gasteiger partial charge on any atom is -0.357 e. The van der Waals surface area contributed by atoms with Gasteiger partial charge in [-0.2, -0.15) is 0 Å². The minimum absolute atomic E-state index is 0.903. The van der Waals surface area contributed by atoms with Crippen molar-refractivity contribution in [3.63, 3.8) is 0 Å². The number of thiophene rings is 1. The maximum absolute atomic E-state index is 4.70. The molecule has 0 unspecified atom stereocenters. The number of nitrogens with one attached hydrogen (secondary N) is 2. The Morgan fingerprint density at radius 1 is 1.35 bits per heavy atom. The summed E-state index contributed by atoms with van der Waals surface area (Å²) in [5.74, 6) is 1.87. The molecule has 0 aliphatic carbocycles. The highest BCUT2D eigenvalue weighted by atomic mass is 32.1. The number of rotatable bonds is 8. The lowest BCUT2D eigenvalue weighted by Crippen LogP contribution is -2.38. The van der Waals surface area contributed by atoms with Gasteiger partial charge in [-0.15, -0.1) is 11.3 Å². The second-order valence-corrected chi connectivity index (χ2v) is 7.43. The maximum atomic E-state index is 4.70. The zero-order valence-corrected chi connectivity index (χ0v) is 15.5. The van der Waals surface area contributed by atoms with Crippen molar-refractivity contribution in [2.45, 2.75) is 39.5 Å². The SMILES string of the molecule is CCNC(=NCCCN1CCC(C)CC1)NCCc1cccs1. The number of likely N-dealkylation sites (tertiary alicyclic amines) is 1. The van der Waals surface area contributed by atoms with E-state index in [0.29, 0.717) is 0 Å². The molecule has 5 heteroatoms. The van der Waals surface area contributed by atoms with E-state index in [4.69, 9.17) is 4.99 Å². The van der Waals surface area contributed by atoms with Gasteiger partial charge < -0.3 is 15.5 Å². The first-order chi connectivity index (χ1) is 11.3. The molecule has 0 amide bonds. The Morgan fingerprint density at radius 3 is 2.87 bits per heavy atom. The fraction of sp³-hybridized carbons (Fsp3) is 0.722. The Balaban J connectivity index is 1.62. The van der Waals surface area contributed by atoms with E-state index in [0.717, 1.165) is 44.4 Å². The van der Waals surface area contributed by atoms with Crippen LogP contribution in [0, 0.1) is 5.92 Å². The molecule has 1 fully saturated rings. The highest BCUT2D eigenvalue weighted by Crippen LogP contribution is 2.15. The van der Waals surface area contributed by atoms with E-state index in [1.54, 1.807) is 0 Å². The van der Waals surface area contributed by atoms with Gasteiger partial charge in [0, 0.05) is 24.5 Å². The molecule has 0 saturated carbocycles. The standard InChI is InChI=1S/C18H32N4S/c1-3-19-18(21-11-7-17-6-4-15-23-17)20-10-5-12-22-13-8-16(2)9-14-22/h4,6,15-16H,3,5,7-14H2,1-2H3,(H2,19,20,21). The van der Waals surface area contributed by atoms with E-state index in [2.05, 4.69) is 46.9 Å². The molecule has 2 rings (SSSR count). The van der Waals surface area contributed by atoms with Crippen molar-refractivity contribution < 1.29 is 0 Å². The molecule has 1 saturated heterocycles. The van der Waals surface area contributed by atoms with Crippen LogP contribution in [0.1, 0.15) is 38.0 Å². The van der Waals surface area contributed by atoms with Crippen molar-refractivity contribution in [3.8, 4) is 0 Å². The fourth-order valence-corrected chi connectivity index (χ4v) is 3.58. The molecule has 1 aliphatic rings. The summed E-state index contributed by atoms with van der Waals surface area (Å²) in [6.45, 7) is 11.0. The van der Waals surface area contributed by atoms with E-state index >= 15 is 0 Å². The van der Waals surface area contributed by atoms with Crippen LogP contribution >= 0.6 is 11.3 Å². The van der Waals surface area contributed by atoms with Gasteiger partial charge >= 0.3 is 0 Å². The number of aliphatic imine (C=N–C) groups is 1. The Morgan fingerprint density at radius 2 is 2.17 bits per heavy atom. The van der Waals surface area contributed by atoms with Gasteiger partial charge in [-0.3, -0.25) is 4.99 Å². The second kappa shape index (κ2) is 10.7. The zero-order valence-electron chi connectivity index (χ0n) is 14.7. The molecule has 4 nitrogen and oxygen atoms in total. The number of hydrogen-bond acceptors (Lipinski definition) is 3. The third-order valence-electron chi connectivity index (χ3n) is 4.37. The molecule has 1 aromatic rings. The molecule has 1 aromatic heterocycles. The van der Waals surface area contributed by atoms with E-state index in [1.165, 1.54) is 37.4 Å². The van der Waals surface area contributed by atoms with Crippen LogP contribution in [0.25, 0.3) is 0 Å². The molecule has 2 N–H and O–H groups in total. The normalized spacial score (nSPS) is 17.4. The van der Waals surface area contributed by atoms with Crippen LogP contribution in [0.5, 0.6) is 0 Å². The van der Waals surface area contributed by atoms with Gasteiger partial charge in [0.2, 0.25) is 0 Å². The molecule has 0 radical (unpaired) electrons. The minimum atomic E-state index is 0.903. The lowest BCUT2D eigenvalue weighted by Gasteiger charge is -2.29. The van der Waals surface area contributed by atoms with E-state index in [9.17, 15) is 0 Å². The summed E-state index contributed by atoms with van der Waals surface area (Å²) in [5.41, 5.74) is 0. The fourth-order valence-electron chi connectivity index (χ4n) is 2.87. The van der Waals surface area contributed by atoms with Crippen molar-refractivity contribution >= 4 is 17.3 Å². The van der Waals surface area contributed by atoms with Gasteiger partial charge in [0.05, 0.1) is 0 Å². The Kier molecular flexibility index (Phi) is 8.47. The van der Waals surface area contributed by atoms with Crippen LogP contribution in [0.2, 0.25) is 0 Å². The summed E-state index contributed by atoms with van der Waals surface area (Å²) in [7, 11) is 0. The first-order valence-corrected chi connectivity index (χ1v) is 9.92. The van der Waals surface area contributed by atoms with Gasteiger partial charge in [-0.25, -0.2) is 0 Å². The molecular formula is C18H32N4S. The molecular weight excluding hydrogens is 304 g/mol. The lowest BCUT2D eigenvalue weighted by molar-refractivity contribution is 0.192. The monoisotopic (exact) mass is 336 g/mol. The smallest absolute Gasteiger partial charge is 0.191 e. The van der Waals surface area contributed by atoms with Crippen LogP contribution in [-0.4, -0.2) is 50.1 Å². The van der Waals surface area contributed by atoms with Crippen molar-refractivity contribution in [2.24, 2.45) is 10.9 Å². The first kappa shape index (κ1) is 18.3. The number of hydrogen-bond donors (Lipinski definition) is 2. The Labute approximate surface area is 145 Å². The number of guanidine groups is 1. The summed E-state index contributed by atoms with van der Waals surface area (Å²) in [5, 5.41) is 8.91. The summed E-state index contributed by atoms with van der Waals surface area (Å²) >= 11 is 1.82. The van der Waals surface area contributed by atoms with Gasteiger partial charge in [-0.1, -0.05) is 13.0 Å². The van der Waals surface area contributed by atoms with Crippen LogP contribution in [0.3, 0.4) is 0 Å². The molecule has 23 heavy (non-hydrogen) atoms. The quantitative estimate of drug-likeness (QED) is 0.435. The lowest BCUT2D eigenvalue weighted by atomic mass is 9.99. The van der Waals surface area contributed by atoms with Gasteiger partial charge in [0.1, 0.15) is 0 Å². The van der Waals surface area contributed by atoms with Crippen molar-refractivity contribution in [1.82, 2.24) is 15.5 Å². The number of piperidine rings is 1. The largest absolute Gasteiger partial charge is 0.357 e. The second-order valence-electron chi connectivity index (χ2n) is 6.39. The molecule has 130 valence electrons. The predicted molar refractivity (Wildman–Crippen MR) is 101 cm³/mol. The van der Waals surface area contributed by atoms with Crippen LogP contribution in [0.4, 0.5) is 0 Å².